The zero-order valence-corrected chi connectivity index (χ0v) is 15.4. The molecule has 0 atom stereocenters. The summed E-state index contributed by atoms with van der Waals surface area (Å²) < 4.78 is 10.6. The normalized spacial score (nSPS) is 12.2. The molecule has 1 amide bonds. The molecule has 0 fully saturated rings. The van der Waals surface area contributed by atoms with E-state index in [1.807, 2.05) is 38.1 Å². The number of aryl methyl sites for hydroxylation is 1. The number of rotatable bonds is 8. The Hall–Kier alpha value is -3.29. The van der Waals surface area contributed by atoms with Gasteiger partial charge in [-0.15, -0.1) is 0 Å². The summed E-state index contributed by atoms with van der Waals surface area (Å²) in [6.07, 6.45) is 3.23. The van der Waals surface area contributed by atoms with Gasteiger partial charge in [0.15, 0.2) is 11.5 Å². The molecular formula is C19H23N5O3. The fourth-order valence-electron chi connectivity index (χ4n) is 2.52. The Labute approximate surface area is 158 Å². The number of hydrogen-bond donors (Lipinski definition) is 3. The summed E-state index contributed by atoms with van der Waals surface area (Å²) in [4.78, 5) is 20.6. The molecule has 0 bridgehead atoms. The van der Waals surface area contributed by atoms with Crippen LogP contribution in [0, 0.1) is 6.92 Å². The Kier molecular flexibility index (Phi) is 6.09. The molecule has 0 unspecified atom stereocenters. The molecule has 8 nitrogen and oxygen atoms in total. The second-order valence-corrected chi connectivity index (χ2v) is 5.91. The van der Waals surface area contributed by atoms with Crippen LogP contribution in [0.5, 0.6) is 11.5 Å². The lowest BCUT2D eigenvalue weighted by Crippen LogP contribution is -2.27. The lowest BCUT2D eigenvalue weighted by atomic mass is 10.2. The Morgan fingerprint density at radius 3 is 2.85 bits per heavy atom. The number of nitrogens with zero attached hydrogens (tertiary/aromatic N) is 2. The molecule has 0 saturated heterocycles. The zero-order valence-electron chi connectivity index (χ0n) is 15.4. The first-order valence-electron chi connectivity index (χ1n) is 8.83. The van der Waals surface area contributed by atoms with Gasteiger partial charge in [0.25, 0.3) is 0 Å². The van der Waals surface area contributed by atoms with Crippen molar-refractivity contribution in [2.75, 3.05) is 37.1 Å². The van der Waals surface area contributed by atoms with Gasteiger partial charge in [-0.05, 0) is 37.6 Å². The van der Waals surface area contributed by atoms with Crippen molar-refractivity contribution in [1.29, 1.82) is 0 Å². The number of aromatic nitrogens is 2. The minimum absolute atomic E-state index is 0.165. The first kappa shape index (κ1) is 18.5. The number of benzene rings is 1. The number of nitrogens with one attached hydrogen (secondary N) is 3. The highest BCUT2D eigenvalue weighted by atomic mass is 16.7. The number of hydrogen-bond acceptors (Lipinski definition) is 7. The first-order chi connectivity index (χ1) is 13.1. The Balaban J connectivity index is 1.43. The van der Waals surface area contributed by atoms with Crippen LogP contribution in [-0.2, 0) is 4.79 Å². The van der Waals surface area contributed by atoms with Gasteiger partial charge in [0.05, 0.1) is 0 Å². The summed E-state index contributed by atoms with van der Waals surface area (Å²) in [6, 6.07) is 7.41. The van der Waals surface area contributed by atoms with Gasteiger partial charge < -0.3 is 25.4 Å². The molecule has 0 spiro atoms. The topological polar surface area (TPSA) is 97.4 Å². The van der Waals surface area contributed by atoms with Gasteiger partial charge in [0.2, 0.25) is 18.6 Å². The third kappa shape index (κ3) is 5.34. The van der Waals surface area contributed by atoms with Crippen molar-refractivity contribution in [3.8, 4) is 11.5 Å². The van der Waals surface area contributed by atoms with Crippen LogP contribution in [0.3, 0.4) is 0 Å². The van der Waals surface area contributed by atoms with Gasteiger partial charge in [-0.3, -0.25) is 4.79 Å². The van der Waals surface area contributed by atoms with Crippen molar-refractivity contribution in [1.82, 2.24) is 15.3 Å². The second-order valence-electron chi connectivity index (χ2n) is 5.91. The maximum absolute atomic E-state index is 11.9. The molecule has 2 heterocycles. The predicted octanol–water partition coefficient (Wildman–Crippen LogP) is 2.19. The third-order valence-corrected chi connectivity index (χ3v) is 3.74. The van der Waals surface area contributed by atoms with Gasteiger partial charge in [0, 0.05) is 37.5 Å². The zero-order chi connectivity index (χ0) is 19.1. The van der Waals surface area contributed by atoms with Crippen LogP contribution in [0.15, 0.2) is 30.3 Å². The fourth-order valence-corrected chi connectivity index (χ4v) is 2.52. The minimum atomic E-state index is -0.165. The molecule has 1 aromatic heterocycles. The van der Waals surface area contributed by atoms with Crippen LogP contribution in [0.2, 0.25) is 0 Å². The number of amides is 1. The molecule has 1 aliphatic rings. The lowest BCUT2D eigenvalue weighted by molar-refractivity contribution is -0.116. The van der Waals surface area contributed by atoms with Crippen LogP contribution in [0.4, 0.5) is 11.8 Å². The van der Waals surface area contributed by atoms with E-state index in [1.165, 1.54) is 6.08 Å². The van der Waals surface area contributed by atoms with Crippen LogP contribution in [-0.4, -0.2) is 42.3 Å². The number of carbonyl (C=O) groups excluding carboxylic acids is 1. The molecule has 2 aromatic rings. The van der Waals surface area contributed by atoms with E-state index in [2.05, 4.69) is 25.9 Å². The molecule has 142 valence electrons. The molecule has 8 heteroatoms. The summed E-state index contributed by atoms with van der Waals surface area (Å²) in [5.41, 5.74) is 1.75. The van der Waals surface area contributed by atoms with Gasteiger partial charge >= 0.3 is 0 Å². The number of fused-ring (bicyclic) bond motifs is 1. The maximum atomic E-state index is 11.9. The third-order valence-electron chi connectivity index (χ3n) is 3.74. The van der Waals surface area contributed by atoms with E-state index in [9.17, 15) is 4.79 Å². The van der Waals surface area contributed by atoms with Gasteiger partial charge in [-0.2, -0.15) is 4.98 Å². The number of ether oxygens (including phenoxy) is 2. The van der Waals surface area contributed by atoms with Gasteiger partial charge in [-0.25, -0.2) is 4.98 Å². The van der Waals surface area contributed by atoms with E-state index >= 15 is 0 Å². The summed E-state index contributed by atoms with van der Waals surface area (Å²) in [5, 5.41) is 9.10. The van der Waals surface area contributed by atoms with Gasteiger partial charge in [-0.1, -0.05) is 6.07 Å². The molecular weight excluding hydrogens is 346 g/mol. The molecule has 0 aliphatic carbocycles. The average Bonchev–Trinajstić information content (AvgIpc) is 3.11. The van der Waals surface area contributed by atoms with Crippen LogP contribution < -0.4 is 25.4 Å². The van der Waals surface area contributed by atoms with Gasteiger partial charge in [0.1, 0.15) is 5.82 Å². The highest BCUT2D eigenvalue weighted by Crippen LogP contribution is 2.32. The quantitative estimate of drug-likeness (QED) is 0.485. The van der Waals surface area contributed by atoms with E-state index in [4.69, 9.17) is 9.47 Å². The van der Waals surface area contributed by atoms with E-state index in [0.717, 1.165) is 29.4 Å². The van der Waals surface area contributed by atoms with E-state index in [1.54, 1.807) is 6.08 Å². The van der Waals surface area contributed by atoms with Crippen molar-refractivity contribution >= 4 is 23.7 Å². The first-order valence-corrected chi connectivity index (χ1v) is 8.83. The Bertz CT molecular complexity index is 838. The summed E-state index contributed by atoms with van der Waals surface area (Å²) in [5.74, 6) is 2.57. The SMILES string of the molecule is CCNc1nc(C)cc(NCCNC(=O)/C=C/c2ccc3c(c2)OCO3)n1. The molecule has 3 N–H and O–H groups in total. The van der Waals surface area contributed by atoms with Crippen molar-refractivity contribution < 1.29 is 14.3 Å². The highest BCUT2D eigenvalue weighted by Gasteiger charge is 2.12. The molecule has 1 aliphatic heterocycles. The highest BCUT2D eigenvalue weighted by molar-refractivity contribution is 5.91. The number of carbonyl (C=O) groups is 1. The van der Waals surface area contributed by atoms with Crippen molar-refractivity contribution in [3.05, 3.63) is 41.6 Å². The molecule has 1 aromatic carbocycles. The average molecular weight is 369 g/mol. The number of anilines is 2. The van der Waals surface area contributed by atoms with Crippen LogP contribution in [0.1, 0.15) is 18.2 Å². The standard InChI is InChI=1S/C19H23N5O3/c1-3-20-19-23-13(2)10-17(24-19)21-8-9-22-18(25)7-5-14-4-6-15-16(11-14)27-12-26-15/h4-7,10-11H,3,8-9,12H2,1-2H3,(H,22,25)(H2,20,21,23,24)/b7-5+. The van der Waals surface area contributed by atoms with E-state index < -0.39 is 0 Å². The summed E-state index contributed by atoms with van der Waals surface area (Å²) >= 11 is 0. The lowest BCUT2D eigenvalue weighted by Gasteiger charge is -2.09. The fraction of sp³-hybridized carbons (Fsp3) is 0.316. The van der Waals surface area contributed by atoms with E-state index in [0.29, 0.717) is 24.8 Å². The molecule has 3 rings (SSSR count). The molecule has 0 radical (unpaired) electrons. The van der Waals surface area contributed by atoms with Crippen molar-refractivity contribution in [2.45, 2.75) is 13.8 Å². The Morgan fingerprint density at radius 1 is 1.15 bits per heavy atom. The Morgan fingerprint density at radius 2 is 2.00 bits per heavy atom. The maximum Gasteiger partial charge on any atom is 0.244 e. The predicted molar refractivity (Wildman–Crippen MR) is 104 cm³/mol. The van der Waals surface area contributed by atoms with Crippen molar-refractivity contribution in [2.24, 2.45) is 0 Å². The van der Waals surface area contributed by atoms with E-state index in [-0.39, 0.29) is 12.7 Å². The molecule has 27 heavy (non-hydrogen) atoms. The summed E-state index contributed by atoms with van der Waals surface area (Å²) in [6.45, 7) is 5.93. The second kappa shape index (κ2) is 8.88. The monoisotopic (exact) mass is 369 g/mol. The smallest absolute Gasteiger partial charge is 0.244 e. The molecule has 0 saturated carbocycles. The minimum Gasteiger partial charge on any atom is -0.454 e. The van der Waals surface area contributed by atoms with Crippen LogP contribution in [0.25, 0.3) is 6.08 Å². The van der Waals surface area contributed by atoms with Crippen LogP contribution >= 0.6 is 0 Å². The summed E-state index contributed by atoms with van der Waals surface area (Å²) in [7, 11) is 0. The largest absolute Gasteiger partial charge is 0.454 e. The van der Waals surface area contributed by atoms with Crippen molar-refractivity contribution in [3.63, 3.8) is 0 Å².